The van der Waals surface area contributed by atoms with Gasteiger partial charge in [0.15, 0.2) is 11.5 Å². The summed E-state index contributed by atoms with van der Waals surface area (Å²) >= 11 is 0. The molecule has 0 aliphatic heterocycles. The Kier molecular flexibility index (Phi) is 9.72. The largest absolute Gasteiger partial charge is 0.504 e. The average Bonchev–Trinajstić information content (AvgIpc) is 2.96. The molecule has 0 amide bonds. The van der Waals surface area contributed by atoms with E-state index in [0.29, 0.717) is 46.1 Å². The SMILES string of the molecule is COCOCc1c(OC)c(-c2ccc(OS(C)(=O)=O)cc2)cc(OC)c1-c1ccc(OCc2ccccc2)c(O)c1. The zero-order valence-corrected chi connectivity index (χ0v) is 24.1. The Labute approximate surface area is 239 Å². The molecule has 9 nitrogen and oxygen atoms in total. The van der Waals surface area contributed by atoms with E-state index in [1.807, 2.05) is 42.5 Å². The summed E-state index contributed by atoms with van der Waals surface area (Å²) in [5, 5.41) is 10.9. The van der Waals surface area contributed by atoms with Crippen LogP contribution in [0.15, 0.2) is 78.9 Å². The molecule has 0 spiro atoms. The summed E-state index contributed by atoms with van der Waals surface area (Å²) < 4.78 is 56.4. The van der Waals surface area contributed by atoms with Crippen molar-refractivity contribution in [2.24, 2.45) is 0 Å². The van der Waals surface area contributed by atoms with E-state index in [0.717, 1.165) is 17.4 Å². The van der Waals surface area contributed by atoms with Gasteiger partial charge in [-0.15, -0.1) is 0 Å². The molecule has 4 aromatic carbocycles. The molecule has 0 atom stereocenters. The molecule has 1 N–H and O–H groups in total. The number of methoxy groups -OCH3 is 3. The Morgan fingerprint density at radius 1 is 0.780 bits per heavy atom. The topological polar surface area (TPSA) is 110 Å². The first-order chi connectivity index (χ1) is 19.7. The van der Waals surface area contributed by atoms with Gasteiger partial charge in [-0.05, 0) is 47.0 Å². The van der Waals surface area contributed by atoms with Crippen molar-refractivity contribution < 1.29 is 41.4 Å². The number of ether oxygens (including phenoxy) is 5. The van der Waals surface area contributed by atoms with E-state index in [1.165, 1.54) is 7.11 Å². The molecule has 0 saturated carbocycles. The van der Waals surface area contributed by atoms with Gasteiger partial charge in [0.25, 0.3) is 0 Å². The lowest BCUT2D eigenvalue weighted by atomic mass is 9.92. The molecule has 4 rings (SSSR count). The predicted octanol–water partition coefficient (Wildman–Crippen LogP) is 5.78. The highest BCUT2D eigenvalue weighted by atomic mass is 32.2. The number of aromatic hydroxyl groups is 1. The zero-order chi connectivity index (χ0) is 29.4. The minimum atomic E-state index is -3.66. The molecule has 0 fully saturated rings. The molecule has 0 heterocycles. The summed E-state index contributed by atoms with van der Waals surface area (Å²) in [4.78, 5) is 0. The summed E-state index contributed by atoms with van der Waals surface area (Å²) in [5.74, 6) is 1.51. The molecule has 41 heavy (non-hydrogen) atoms. The van der Waals surface area contributed by atoms with Gasteiger partial charge in [0.05, 0.1) is 27.1 Å². The van der Waals surface area contributed by atoms with Crippen molar-refractivity contribution in [1.29, 1.82) is 0 Å². The van der Waals surface area contributed by atoms with Gasteiger partial charge in [0.1, 0.15) is 30.6 Å². The van der Waals surface area contributed by atoms with E-state index < -0.39 is 10.1 Å². The third kappa shape index (κ3) is 7.49. The maximum atomic E-state index is 11.5. The number of phenols is 1. The summed E-state index contributed by atoms with van der Waals surface area (Å²) in [6.45, 7) is 0.465. The first-order valence-corrected chi connectivity index (χ1v) is 14.4. The summed E-state index contributed by atoms with van der Waals surface area (Å²) in [5.41, 5.74) is 4.37. The fraction of sp³-hybridized carbons (Fsp3) is 0.226. The Morgan fingerprint density at radius 3 is 2.10 bits per heavy atom. The number of rotatable bonds is 13. The first-order valence-electron chi connectivity index (χ1n) is 12.6. The van der Waals surface area contributed by atoms with Gasteiger partial charge in [0, 0.05) is 23.8 Å². The maximum absolute atomic E-state index is 11.5. The van der Waals surface area contributed by atoms with Crippen LogP contribution in [0.1, 0.15) is 11.1 Å². The van der Waals surface area contributed by atoms with Crippen molar-refractivity contribution in [3.8, 4) is 51.0 Å². The zero-order valence-electron chi connectivity index (χ0n) is 23.2. The van der Waals surface area contributed by atoms with Crippen LogP contribution in [-0.2, 0) is 32.8 Å². The standard InChI is InChI=1S/C31H32O9S/c1-35-20-38-19-26-30(23-12-15-28(27(32)16-23)39-18-21-8-6-5-7-9-21)29(36-2)17-25(31(26)37-3)22-10-13-24(14-11-22)40-41(4,33)34/h5-17,32H,18-20H2,1-4H3. The van der Waals surface area contributed by atoms with Crippen LogP contribution in [0.25, 0.3) is 22.3 Å². The van der Waals surface area contributed by atoms with Crippen LogP contribution in [0.5, 0.6) is 28.7 Å². The van der Waals surface area contributed by atoms with E-state index in [-0.39, 0.29) is 24.9 Å². The number of hydrogen-bond donors (Lipinski definition) is 1. The van der Waals surface area contributed by atoms with Gasteiger partial charge < -0.3 is 33.0 Å². The lowest BCUT2D eigenvalue weighted by Gasteiger charge is -2.22. The van der Waals surface area contributed by atoms with Gasteiger partial charge >= 0.3 is 10.1 Å². The van der Waals surface area contributed by atoms with Crippen molar-refractivity contribution in [3.05, 3.63) is 90.0 Å². The molecule has 0 radical (unpaired) electrons. The monoisotopic (exact) mass is 580 g/mol. The van der Waals surface area contributed by atoms with Crippen molar-refractivity contribution in [2.75, 3.05) is 34.4 Å². The maximum Gasteiger partial charge on any atom is 0.306 e. The normalized spacial score (nSPS) is 11.2. The second kappa shape index (κ2) is 13.4. The third-order valence-electron chi connectivity index (χ3n) is 6.11. The Bertz CT molecular complexity index is 1570. The highest BCUT2D eigenvalue weighted by Gasteiger charge is 2.23. The lowest BCUT2D eigenvalue weighted by Crippen LogP contribution is -2.06. The first kappa shape index (κ1) is 29.7. The highest BCUT2D eigenvalue weighted by molar-refractivity contribution is 7.86. The highest BCUT2D eigenvalue weighted by Crippen LogP contribution is 2.47. The van der Waals surface area contributed by atoms with Crippen LogP contribution in [0.4, 0.5) is 0 Å². The van der Waals surface area contributed by atoms with Crippen LogP contribution in [0, 0.1) is 0 Å². The lowest BCUT2D eigenvalue weighted by molar-refractivity contribution is -0.0393. The average molecular weight is 581 g/mol. The van der Waals surface area contributed by atoms with Gasteiger partial charge in [-0.1, -0.05) is 48.5 Å². The summed E-state index contributed by atoms with van der Waals surface area (Å²) in [6.07, 6.45) is 0.986. The van der Waals surface area contributed by atoms with Crippen LogP contribution < -0.4 is 18.4 Å². The van der Waals surface area contributed by atoms with Crippen molar-refractivity contribution in [1.82, 2.24) is 0 Å². The molecule has 0 saturated heterocycles. The predicted molar refractivity (Wildman–Crippen MR) is 155 cm³/mol. The van der Waals surface area contributed by atoms with Crippen LogP contribution >= 0.6 is 0 Å². The molecule has 0 unspecified atom stereocenters. The molecular weight excluding hydrogens is 548 g/mol. The molecule has 4 aromatic rings. The van der Waals surface area contributed by atoms with Gasteiger partial charge in [0.2, 0.25) is 0 Å². The molecule has 0 aliphatic rings. The third-order valence-corrected chi connectivity index (χ3v) is 6.61. The minimum absolute atomic E-state index is 0.0336. The van der Waals surface area contributed by atoms with Crippen LogP contribution in [-0.4, -0.2) is 47.9 Å². The summed E-state index contributed by atoms with van der Waals surface area (Å²) in [6, 6.07) is 23.2. The van der Waals surface area contributed by atoms with E-state index in [4.69, 9.17) is 27.9 Å². The number of phenolic OH excluding ortho intramolecular Hbond substituents is 1. The van der Waals surface area contributed by atoms with E-state index in [1.54, 1.807) is 50.6 Å². The second-order valence-electron chi connectivity index (χ2n) is 9.04. The molecule has 10 heteroatoms. The van der Waals surface area contributed by atoms with Gasteiger partial charge in [-0.3, -0.25) is 0 Å². The van der Waals surface area contributed by atoms with E-state index >= 15 is 0 Å². The molecular formula is C31H32O9S. The summed E-state index contributed by atoms with van der Waals surface area (Å²) in [7, 11) is 0.969. The number of benzene rings is 4. The van der Waals surface area contributed by atoms with Gasteiger partial charge in [-0.2, -0.15) is 8.42 Å². The van der Waals surface area contributed by atoms with Gasteiger partial charge in [-0.25, -0.2) is 0 Å². The molecule has 0 aromatic heterocycles. The Balaban J connectivity index is 1.77. The molecule has 216 valence electrons. The number of hydrogen-bond acceptors (Lipinski definition) is 9. The van der Waals surface area contributed by atoms with Crippen molar-refractivity contribution in [2.45, 2.75) is 13.2 Å². The van der Waals surface area contributed by atoms with Crippen LogP contribution in [0.2, 0.25) is 0 Å². The van der Waals surface area contributed by atoms with Crippen molar-refractivity contribution in [3.63, 3.8) is 0 Å². The smallest absolute Gasteiger partial charge is 0.306 e. The second-order valence-corrected chi connectivity index (χ2v) is 10.6. The van der Waals surface area contributed by atoms with E-state index in [9.17, 15) is 13.5 Å². The van der Waals surface area contributed by atoms with Crippen LogP contribution in [0.3, 0.4) is 0 Å². The Hall–Kier alpha value is -4.25. The minimum Gasteiger partial charge on any atom is -0.504 e. The fourth-order valence-corrected chi connectivity index (χ4v) is 4.84. The Morgan fingerprint density at radius 2 is 1.49 bits per heavy atom. The molecule has 0 aliphatic carbocycles. The quantitative estimate of drug-likeness (QED) is 0.120. The fourth-order valence-electron chi connectivity index (χ4n) is 4.38. The molecule has 0 bridgehead atoms. The van der Waals surface area contributed by atoms with Crippen molar-refractivity contribution >= 4 is 10.1 Å². The van der Waals surface area contributed by atoms with E-state index in [2.05, 4.69) is 0 Å².